The third-order valence-electron chi connectivity index (χ3n) is 4.14. The molecule has 0 atom stereocenters. The highest BCUT2D eigenvalue weighted by Gasteiger charge is 2.22. The zero-order valence-corrected chi connectivity index (χ0v) is 13.7. The molecule has 2 aromatic heterocycles. The minimum absolute atomic E-state index is 0.764. The molecule has 0 unspecified atom stereocenters. The van der Waals surface area contributed by atoms with Gasteiger partial charge in [0.15, 0.2) is 0 Å². The minimum atomic E-state index is 0.764. The molecule has 0 radical (unpaired) electrons. The molecule has 0 amide bonds. The van der Waals surface area contributed by atoms with Crippen LogP contribution in [-0.2, 0) is 4.74 Å². The maximum absolute atomic E-state index is 5.40. The van der Waals surface area contributed by atoms with E-state index >= 15 is 0 Å². The zero-order chi connectivity index (χ0) is 15.5. The van der Waals surface area contributed by atoms with Crippen molar-refractivity contribution in [1.82, 2.24) is 20.2 Å². The Morgan fingerprint density at radius 2 is 1.74 bits per heavy atom. The molecule has 4 rings (SSSR count). The second-order valence-corrected chi connectivity index (χ2v) is 6.32. The molecule has 9 heteroatoms. The van der Waals surface area contributed by atoms with Gasteiger partial charge in [0.25, 0.3) is 0 Å². The molecule has 0 bridgehead atoms. The van der Waals surface area contributed by atoms with Crippen molar-refractivity contribution >= 4 is 28.2 Å². The molecule has 0 N–H and O–H groups in total. The van der Waals surface area contributed by atoms with Gasteiger partial charge < -0.3 is 19.4 Å². The number of anilines is 3. The molecule has 2 fully saturated rings. The van der Waals surface area contributed by atoms with E-state index in [1.165, 1.54) is 0 Å². The van der Waals surface area contributed by atoms with Gasteiger partial charge in [0.05, 0.1) is 13.2 Å². The summed E-state index contributed by atoms with van der Waals surface area (Å²) in [7, 11) is 0. The Morgan fingerprint density at radius 3 is 2.48 bits per heavy atom. The molecule has 23 heavy (non-hydrogen) atoms. The van der Waals surface area contributed by atoms with Crippen LogP contribution in [-0.4, -0.2) is 72.6 Å². The maximum Gasteiger partial charge on any atom is 0.227 e. The lowest BCUT2D eigenvalue weighted by molar-refractivity contribution is 0.122. The van der Waals surface area contributed by atoms with Crippen molar-refractivity contribution < 1.29 is 4.74 Å². The minimum Gasteiger partial charge on any atom is -0.378 e. The molecule has 2 aromatic rings. The zero-order valence-electron chi connectivity index (χ0n) is 12.8. The van der Waals surface area contributed by atoms with Crippen molar-refractivity contribution in [2.24, 2.45) is 0 Å². The second kappa shape index (κ2) is 6.63. The molecule has 0 saturated carbocycles. The lowest BCUT2D eigenvalue weighted by Gasteiger charge is -2.35. The van der Waals surface area contributed by atoms with Crippen LogP contribution in [0.25, 0.3) is 0 Å². The van der Waals surface area contributed by atoms with E-state index in [0.717, 1.165) is 69.4 Å². The highest BCUT2D eigenvalue weighted by atomic mass is 32.1. The first-order valence-corrected chi connectivity index (χ1v) is 8.70. The Bertz CT molecular complexity index is 624. The summed E-state index contributed by atoms with van der Waals surface area (Å²) in [5.74, 6) is 1.80. The Hall–Kier alpha value is -2.00. The van der Waals surface area contributed by atoms with Gasteiger partial charge in [-0.1, -0.05) is 11.3 Å². The molecule has 0 spiro atoms. The van der Waals surface area contributed by atoms with Crippen LogP contribution < -0.4 is 14.7 Å². The van der Waals surface area contributed by atoms with Crippen molar-refractivity contribution in [2.45, 2.75) is 0 Å². The van der Waals surface area contributed by atoms with Crippen LogP contribution in [0.5, 0.6) is 0 Å². The summed E-state index contributed by atoms with van der Waals surface area (Å²) in [6.45, 7) is 6.93. The number of ether oxygens (including phenoxy) is 1. The molecular weight excluding hydrogens is 314 g/mol. The van der Waals surface area contributed by atoms with E-state index in [4.69, 9.17) is 9.72 Å². The summed E-state index contributed by atoms with van der Waals surface area (Å²) in [5, 5.41) is 9.04. The van der Waals surface area contributed by atoms with Gasteiger partial charge in [0.1, 0.15) is 11.3 Å². The van der Waals surface area contributed by atoms with Gasteiger partial charge in [-0.2, -0.15) is 4.98 Å². The van der Waals surface area contributed by atoms with Gasteiger partial charge in [-0.05, 0) is 6.07 Å². The lowest BCUT2D eigenvalue weighted by Crippen LogP contribution is -2.47. The van der Waals surface area contributed by atoms with Crippen molar-refractivity contribution in [3.05, 3.63) is 17.8 Å². The van der Waals surface area contributed by atoms with Crippen LogP contribution >= 0.6 is 11.3 Å². The topological polar surface area (TPSA) is 70.5 Å². The standard InChI is InChI=1S/C14H19N7OS/c1-2-15-13(17-12(1)19-7-9-22-10-8-19)20-3-5-21(6-4-20)14-18-16-11-23-14/h1-2,11H,3-10H2. The van der Waals surface area contributed by atoms with Gasteiger partial charge in [-0.3, -0.25) is 0 Å². The van der Waals surface area contributed by atoms with E-state index in [1.54, 1.807) is 16.8 Å². The summed E-state index contributed by atoms with van der Waals surface area (Å²) in [6.07, 6.45) is 1.85. The van der Waals surface area contributed by atoms with E-state index in [9.17, 15) is 0 Å². The number of nitrogens with zero attached hydrogens (tertiary/aromatic N) is 7. The van der Waals surface area contributed by atoms with Gasteiger partial charge in [0.2, 0.25) is 11.1 Å². The fraction of sp³-hybridized carbons (Fsp3) is 0.571. The number of hydrogen-bond donors (Lipinski definition) is 0. The number of rotatable bonds is 3. The average molecular weight is 333 g/mol. The lowest BCUT2D eigenvalue weighted by atomic mass is 10.3. The van der Waals surface area contributed by atoms with Crippen molar-refractivity contribution in [3.63, 3.8) is 0 Å². The average Bonchev–Trinajstić information content (AvgIpc) is 3.17. The summed E-state index contributed by atoms with van der Waals surface area (Å²) < 4.78 is 5.40. The predicted octanol–water partition coefficient (Wildman–Crippen LogP) is 0.491. The molecule has 2 saturated heterocycles. The van der Waals surface area contributed by atoms with Crippen molar-refractivity contribution in [3.8, 4) is 0 Å². The van der Waals surface area contributed by atoms with E-state index in [1.807, 2.05) is 12.3 Å². The van der Waals surface area contributed by atoms with Crippen molar-refractivity contribution in [1.29, 1.82) is 0 Å². The molecule has 4 heterocycles. The van der Waals surface area contributed by atoms with E-state index in [-0.39, 0.29) is 0 Å². The quantitative estimate of drug-likeness (QED) is 0.804. The largest absolute Gasteiger partial charge is 0.378 e. The highest BCUT2D eigenvalue weighted by molar-refractivity contribution is 7.13. The first-order valence-electron chi connectivity index (χ1n) is 7.82. The van der Waals surface area contributed by atoms with Crippen molar-refractivity contribution in [2.75, 3.05) is 67.2 Å². The third kappa shape index (κ3) is 3.20. The van der Waals surface area contributed by atoms with E-state index in [2.05, 4.69) is 29.9 Å². The molecule has 122 valence electrons. The molecule has 2 aliphatic rings. The normalized spacial score (nSPS) is 19.2. The monoisotopic (exact) mass is 333 g/mol. The summed E-state index contributed by atoms with van der Waals surface area (Å²) in [6, 6.07) is 1.98. The van der Waals surface area contributed by atoms with Gasteiger partial charge in [-0.25, -0.2) is 4.98 Å². The summed E-state index contributed by atoms with van der Waals surface area (Å²) in [4.78, 5) is 16.0. The van der Waals surface area contributed by atoms with Crippen LogP contribution in [0, 0.1) is 0 Å². The maximum atomic E-state index is 5.40. The Balaban J connectivity index is 1.42. The van der Waals surface area contributed by atoms with Crippen LogP contribution in [0.2, 0.25) is 0 Å². The summed E-state index contributed by atoms with van der Waals surface area (Å²) in [5.41, 5.74) is 1.77. The summed E-state index contributed by atoms with van der Waals surface area (Å²) >= 11 is 1.58. The first-order chi connectivity index (χ1) is 11.4. The van der Waals surface area contributed by atoms with Crippen LogP contribution in [0.1, 0.15) is 0 Å². The second-order valence-electron chi connectivity index (χ2n) is 5.51. The number of aromatic nitrogens is 4. The molecule has 8 nitrogen and oxygen atoms in total. The number of morpholine rings is 1. The SMILES string of the molecule is c1cc(N2CCOCC2)nc(N2CCN(c3nncs3)CC2)n1. The Morgan fingerprint density at radius 1 is 0.957 bits per heavy atom. The van der Waals surface area contributed by atoms with E-state index < -0.39 is 0 Å². The van der Waals surface area contributed by atoms with E-state index in [0.29, 0.717) is 0 Å². The van der Waals surface area contributed by atoms with Gasteiger partial charge in [-0.15, -0.1) is 10.2 Å². The Kier molecular flexibility index (Phi) is 4.20. The smallest absolute Gasteiger partial charge is 0.227 e. The number of piperazine rings is 1. The Labute approximate surface area is 138 Å². The molecule has 2 aliphatic heterocycles. The highest BCUT2D eigenvalue weighted by Crippen LogP contribution is 2.21. The first kappa shape index (κ1) is 14.6. The fourth-order valence-electron chi connectivity index (χ4n) is 2.86. The predicted molar refractivity (Wildman–Crippen MR) is 89.4 cm³/mol. The van der Waals surface area contributed by atoms with Gasteiger partial charge in [0, 0.05) is 45.5 Å². The fourth-order valence-corrected chi connectivity index (χ4v) is 3.48. The molecule has 0 aliphatic carbocycles. The molecular formula is C14H19N7OS. The van der Waals surface area contributed by atoms with Crippen LogP contribution in [0.4, 0.5) is 16.9 Å². The third-order valence-corrected chi connectivity index (χ3v) is 4.90. The van der Waals surface area contributed by atoms with Gasteiger partial charge >= 0.3 is 0 Å². The van der Waals surface area contributed by atoms with Crippen LogP contribution in [0.15, 0.2) is 17.8 Å². The number of hydrogen-bond acceptors (Lipinski definition) is 9. The van der Waals surface area contributed by atoms with Crippen LogP contribution in [0.3, 0.4) is 0 Å². The molecule has 0 aromatic carbocycles.